The molecule has 2 saturated heterocycles. The first-order valence-corrected chi connectivity index (χ1v) is 8.63. The molecule has 0 unspecified atom stereocenters. The summed E-state index contributed by atoms with van der Waals surface area (Å²) < 4.78 is 0. The quantitative estimate of drug-likeness (QED) is 0.719. The summed E-state index contributed by atoms with van der Waals surface area (Å²) in [4.78, 5) is 5.26. The zero-order valence-corrected chi connectivity index (χ0v) is 15.0. The van der Waals surface area contributed by atoms with E-state index in [9.17, 15) is 0 Å². The summed E-state index contributed by atoms with van der Waals surface area (Å²) in [6.07, 6.45) is 2.53. The van der Waals surface area contributed by atoms with E-state index < -0.39 is 0 Å². The maximum Gasteiger partial charge on any atom is 0.0230 e. The molecule has 0 aromatic heterocycles. The Balaban J connectivity index is 1.68. The van der Waals surface area contributed by atoms with Gasteiger partial charge in [-0.3, -0.25) is 4.90 Å². The van der Waals surface area contributed by atoms with Crippen LogP contribution < -0.4 is 0 Å². The molecule has 0 N–H and O–H groups in total. The van der Waals surface area contributed by atoms with Crippen LogP contribution in [0.3, 0.4) is 0 Å². The van der Waals surface area contributed by atoms with Gasteiger partial charge in [0.05, 0.1) is 0 Å². The van der Waals surface area contributed by atoms with Crippen molar-refractivity contribution in [2.24, 2.45) is 17.3 Å². The fraction of sp³-hybridized carbons (Fsp3) is 0.895. The Morgan fingerprint density at radius 1 is 0.952 bits per heavy atom. The fourth-order valence-corrected chi connectivity index (χ4v) is 3.18. The van der Waals surface area contributed by atoms with Gasteiger partial charge in [-0.25, -0.2) is 0 Å². The van der Waals surface area contributed by atoms with Gasteiger partial charge >= 0.3 is 0 Å². The minimum Gasteiger partial charge on any atom is -0.303 e. The van der Waals surface area contributed by atoms with Crippen LogP contribution in [0.2, 0.25) is 0 Å². The topological polar surface area (TPSA) is 6.48 Å². The van der Waals surface area contributed by atoms with Crippen molar-refractivity contribution in [3.8, 4) is 11.8 Å². The third-order valence-electron chi connectivity index (χ3n) is 4.66. The van der Waals surface area contributed by atoms with Crippen LogP contribution in [-0.4, -0.2) is 48.1 Å². The van der Waals surface area contributed by atoms with E-state index in [0.717, 1.165) is 5.92 Å². The molecule has 0 bridgehead atoms. The van der Waals surface area contributed by atoms with Gasteiger partial charge in [-0.1, -0.05) is 11.8 Å². The highest BCUT2D eigenvalue weighted by Crippen LogP contribution is 2.27. The van der Waals surface area contributed by atoms with Crippen LogP contribution >= 0.6 is 0 Å². The smallest absolute Gasteiger partial charge is 0.0230 e. The van der Waals surface area contributed by atoms with Crippen LogP contribution in [-0.2, 0) is 0 Å². The molecule has 2 aliphatic heterocycles. The maximum absolute atomic E-state index is 3.51. The molecule has 0 spiro atoms. The largest absolute Gasteiger partial charge is 0.303 e. The highest BCUT2D eigenvalue weighted by Gasteiger charge is 2.35. The molecule has 2 rings (SSSR count). The van der Waals surface area contributed by atoms with Crippen molar-refractivity contribution in [1.29, 1.82) is 0 Å². The number of rotatable bonds is 2. The first-order chi connectivity index (χ1) is 9.63. The van der Waals surface area contributed by atoms with Crippen molar-refractivity contribution in [3.05, 3.63) is 0 Å². The number of nitrogens with zero attached hydrogens (tertiary/aromatic N) is 2. The molecular formula is C19H34N2. The summed E-state index contributed by atoms with van der Waals surface area (Å²) in [6.45, 7) is 19.9. The van der Waals surface area contributed by atoms with Crippen molar-refractivity contribution in [1.82, 2.24) is 9.80 Å². The van der Waals surface area contributed by atoms with E-state index in [4.69, 9.17) is 0 Å². The second kappa shape index (κ2) is 6.31. The molecular weight excluding hydrogens is 256 g/mol. The lowest BCUT2D eigenvalue weighted by atomic mass is 9.90. The highest BCUT2D eigenvalue weighted by molar-refractivity contribution is 5.11. The molecule has 0 aromatic carbocycles. The first-order valence-electron chi connectivity index (χ1n) is 8.63. The third kappa shape index (κ3) is 5.31. The van der Waals surface area contributed by atoms with Crippen molar-refractivity contribution >= 4 is 0 Å². The molecule has 2 aliphatic rings. The Morgan fingerprint density at radius 2 is 1.52 bits per heavy atom. The number of likely N-dealkylation sites (tertiary alicyclic amines) is 2. The summed E-state index contributed by atoms with van der Waals surface area (Å²) in [6, 6.07) is 0. The van der Waals surface area contributed by atoms with Gasteiger partial charge in [0.25, 0.3) is 0 Å². The zero-order valence-electron chi connectivity index (χ0n) is 15.0. The van der Waals surface area contributed by atoms with Crippen LogP contribution in [0.15, 0.2) is 0 Å². The number of piperidine rings is 1. The summed E-state index contributed by atoms with van der Waals surface area (Å²) in [5, 5.41) is 0. The average molecular weight is 290 g/mol. The molecule has 0 radical (unpaired) electrons. The second-order valence-electron chi connectivity index (χ2n) is 9.04. The number of hydrogen-bond acceptors (Lipinski definition) is 2. The molecule has 2 nitrogen and oxygen atoms in total. The van der Waals surface area contributed by atoms with E-state index in [1.54, 1.807) is 0 Å². The molecule has 0 saturated carbocycles. The average Bonchev–Trinajstić information content (AvgIpc) is 2.29. The van der Waals surface area contributed by atoms with Gasteiger partial charge in [0, 0.05) is 36.5 Å². The van der Waals surface area contributed by atoms with Gasteiger partial charge in [-0.2, -0.15) is 0 Å². The predicted molar refractivity (Wildman–Crippen MR) is 91.2 cm³/mol. The Bertz CT molecular complexity index is 388. The van der Waals surface area contributed by atoms with E-state index in [1.807, 2.05) is 0 Å². The van der Waals surface area contributed by atoms with E-state index in [2.05, 4.69) is 63.2 Å². The van der Waals surface area contributed by atoms with Crippen molar-refractivity contribution in [2.45, 2.75) is 59.9 Å². The highest BCUT2D eigenvalue weighted by atomic mass is 15.3. The van der Waals surface area contributed by atoms with Crippen LogP contribution in [0, 0.1) is 29.1 Å². The first kappa shape index (κ1) is 16.8. The summed E-state index contributed by atoms with van der Waals surface area (Å²) >= 11 is 0. The van der Waals surface area contributed by atoms with Crippen molar-refractivity contribution < 1.29 is 0 Å². The van der Waals surface area contributed by atoms with E-state index in [0.29, 0.717) is 11.5 Å². The Morgan fingerprint density at radius 3 is 2.00 bits per heavy atom. The molecule has 0 aromatic rings. The van der Waals surface area contributed by atoms with E-state index >= 15 is 0 Å². The van der Waals surface area contributed by atoms with Gasteiger partial charge in [-0.15, -0.1) is 0 Å². The van der Waals surface area contributed by atoms with Crippen molar-refractivity contribution in [2.75, 3.05) is 32.7 Å². The molecule has 21 heavy (non-hydrogen) atoms. The van der Waals surface area contributed by atoms with Gasteiger partial charge in [0.2, 0.25) is 0 Å². The van der Waals surface area contributed by atoms with Crippen LogP contribution in [0.1, 0.15) is 54.4 Å². The van der Waals surface area contributed by atoms with E-state index in [-0.39, 0.29) is 5.41 Å². The molecule has 2 heteroatoms. The minimum atomic E-state index is 0.152. The SMILES string of the molecule is CC(C)(C)C#CC1CCN(CC2CN(C(C)(C)C)C2)CC1. The molecule has 2 heterocycles. The standard InChI is InChI=1S/C19H34N2/c1-18(2,3)10-7-16-8-11-20(12-9-16)13-17-14-21(15-17)19(4,5)6/h16-17H,8-9,11-15H2,1-6H3. The Labute approximate surface area is 132 Å². The fourth-order valence-electron chi connectivity index (χ4n) is 3.18. The predicted octanol–water partition coefficient (Wildman–Crippen LogP) is 3.48. The minimum absolute atomic E-state index is 0.152. The van der Waals surface area contributed by atoms with Crippen LogP contribution in [0.25, 0.3) is 0 Å². The molecule has 0 amide bonds. The Hall–Kier alpha value is -0.520. The second-order valence-corrected chi connectivity index (χ2v) is 9.04. The lowest BCUT2D eigenvalue weighted by Gasteiger charge is -2.49. The maximum atomic E-state index is 3.51. The van der Waals surface area contributed by atoms with Gasteiger partial charge in [-0.05, 0) is 73.4 Å². The summed E-state index contributed by atoms with van der Waals surface area (Å²) in [5.41, 5.74) is 0.505. The zero-order chi connectivity index (χ0) is 15.7. The van der Waals surface area contributed by atoms with Crippen molar-refractivity contribution in [3.63, 3.8) is 0 Å². The normalized spacial score (nSPS) is 23.5. The number of hydrogen-bond donors (Lipinski definition) is 0. The van der Waals surface area contributed by atoms with Gasteiger partial charge in [0.1, 0.15) is 0 Å². The van der Waals surface area contributed by atoms with E-state index in [1.165, 1.54) is 45.6 Å². The summed E-state index contributed by atoms with van der Waals surface area (Å²) in [7, 11) is 0. The van der Waals surface area contributed by atoms with Crippen LogP contribution in [0.4, 0.5) is 0 Å². The van der Waals surface area contributed by atoms with Gasteiger partial charge < -0.3 is 4.90 Å². The molecule has 0 atom stereocenters. The van der Waals surface area contributed by atoms with Crippen LogP contribution in [0.5, 0.6) is 0 Å². The molecule has 2 fully saturated rings. The monoisotopic (exact) mass is 290 g/mol. The molecule has 120 valence electrons. The third-order valence-corrected chi connectivity index (χ3v) is 4.66. The lowest BCUT2D eigenvalue weighted by Crippen LogP contribution is -2.58. The summed E-state index contributed by atoms with van der Waals surface area (Å²) in [5.74, 6) is 8.44. The molecule has 0 aliphatic carbocycles. The Kier molecular flexibility index (Phi) is 5.06. The van der Waals surface area contributed by atoms with Gasteiger partial charge in [0.15, 0.2) is 0 Å². The lowest BCUT2D eigenvalue weighted by molar-refractivity contribution is -0.00525.